The standard InChI is InChI=1S/C12H13BrN4O3/c13-8-4-9(20-6-8)11(18)17-3-1-2-7(5-17)10-14-12(19)16-15-10/h4,6-7H,1-3,5H2,(H2,14,15,16,19). The van der Waals surface area contributed by atoms with Crippen LogP contribution in [-0.2, 0) is 0 Å². The van der Waals surface area contributed by atoms with E-state index >= 15 is 0 Å². The Labute approximate surface area is 122 Å². The van der Waals surface area contributed by atoms with Crippen LogP contribution >= 0.6 is 15.9 Å². The molecular weight excluding hydrogens is 328 g/mol. The molecule has 3 rings (SSSR count). The van der Waals surface area contributed by atoms with E-state index in [4.69, 9.17) is 4.42 Å². The van der Waals surface area contributed by atoms with E-state index in [2.05, 4.69) is 31.1 Å². The minimum Gasteiger partial charge on any atom is -0.458 e. The first-order chi connectivity index (χ1) is 9.63. The van der Waals surface area contributed by atoms with Crippen LogP contribution in [0.1, 0.15) is 35.1 Å². The number of likely N-dealkylation sites (tertiary alicyclic amines) is 1. The van der Waals surface area contributed by atoms with Crippen molar-refractivity contribution in [3.05, 3.63) is 38.9 Å². The van der Waals surface area contributed by atoms with E-state index in [1.807, 2.05) is 0 Å². The van der Waals surface area contributed by atoms with Gasteiger partial charge in [0.25, 0.3) is 5.91 Å². The lowest BCUT2D eigenvalue weighted by molar-refractivity contribution is 0.0672. The number of rotatable bonds is 2. The summed E-state index contributed by atoms with van der Waals surface area (Å²) >= 11 is 3.26. The Kier molecular flexibility index (Phi) is 3.47. The van der Waals surface area contributed by atoms with Crippen LogP contribution in [0, 0.1) is 0 Å². The molecule has 0 aliphatic carbocycles. The molecule has 1 aliphatic rings. The van der Waals surface area contributed by atoms with Gasteiger partial charge in [-0.3, -0.25) is 9.78 Å². The van der Waals surface area contributed by atoms with Gasteiger partial charge >= 0.3 is 5.69 Å². The normalized spacial score (nSPS) is 19.2. The van der Waals surface area contributed by atoms with Crippen LogP contribution < -0.4 is 5.69 Å². The van der Waals surface area contributed by atoms with Crippen molar-refractivity contribution in [2.24, 2.45) is 0 Å². The fourth-order valence-corrected chi connectivity index (χ4v) is 2.74. The van der Waals surface area contributed by atoms with Gasteiger partial charge in [-0.2, -0.15) is 5.10 Å². The molecule has 2 aromatic rings. The lowest BCUT2D eigenvalue weighted by atomic mass is 9.97. The maximum atomic E-state index is 12.3. The lowest BCUT2D eigenvalue weighted by Crippen LogP contribution is -2.39. The Bertz CT molecular complexity index is 674. The third kappa shape index (κ3) is 2.55. The Morgan fingerprint density at radius 2 is 2.40 bits per heavy atom. The van der Waals surface area contributed by atoms with E-state index in [0.29, 0.717) is 24.7 Å². The van der Waals surface area contributed by atoms with Gasteiger partial charge in [0.1, 0.15) is 12.1 Å². The number of hydrogen-bond donors (Lipinski definition) is 2. The molecule has 1 atom stereocenters. The topological polar surface area (TPSA) is 95.0 Å². The summed E-state index contributed by atoms with van der Waals surface area (Å²) < 4.78 is 5.95. The third-order valence-corrected chi connectivity index (χ3v) is 3.81. The predicted molar refractivity (Wildman–Crippen MR) is 73.5 cm³/mol. The molecule has 20 heavy (non-hydrogen) atoms. The van der Waals surface area contributed by atoms with Crippen LogP contribution in [0.25, 0.3) is 0 Å². The number of carbonyl (C=O) groups is 1. The second kappa shape index (κ2) is 5.28. The van der Waals surface area contributed by atoms with Crippen molar-refractivity contribution in [2.75, 3.05) is 13.1 Å². The highest BCUT2D eigenvalue weighted by molar-refractivity contribution is 9.10. The smallest absolute Gasteiger partial charge is 0.340 e. The SMILES string of the molecule is O=C(c1cc(Br)co1)N1CCCC(c2n[nH]c(=O)[nH]2)C1. The zero-order valence-corrected chi connectivity index (χ0v) is 12.1. The molecule has 1 fully saturated rings. The highest BCUT2D eigenvalue weighted by Gasteiger charge is 2.28. The van der Waals surface area contributed by atoms with E-state index in [1.165, 1.54) is 6.26 Å². The molecule has 3 heterocycles. The molecule has 0 aromatic carbocycles. The summed E-state index contributed by atoms with van der Waals surface area (Å²) in [5, 5.41) is 6.30. The molecule has 0 bridgehead atoms. The van der Waals surface area contributed by atoms with Gasteiger partial charge in [-0.25, -0.2) is 9.89 Å². The molecule has 1 aliphatic heterocycles. The van der Waals surface area contributed by atoms with Gasteiger partial charge in [0.05, 0.1) is 4.47 Å². The number of aromatic amines is 2. The number of H-pyrrole nitrogens is 2. The van der Waals surface area contributed by atoms with Crippen molar-refractivity contribution in [3.8, 4) is 0 Å². The second-order valence-corrected chi connectivity index (χ2v) is 5.70. The Hall–Kier alpha value is -1.83. The van der Waals surface area contributed by atoms with E-state index in [0.717, 1.165) is 17.3 Å². The molecule has 2 N–H and O–H groups in total. The molecule has 8 heteroatoms. The van der Waals surface area contributed by atoms with Gasteiger partial charge in [0, 0.05) is 25.1 Å². The molecule has 1 saturated heterocycles. The molecule has 7 nitrogen and oxygen atoms in total. The number of carbonyl (C=O) groups excluding carboxylic acids is 1. The van der Waals surface area contributed by atoms with Gasteiger partial charge in [0.2, 0.25) is 0 Å². The number of piperidine rings is 1. The number of nitrogens with one attached hydrogen (secondary N) is 2. The van der Waals surface area contributed by atoms with Crippen LogP contribution in [0.3, 0.4) is 0 Å². The van der Waals surface area contributed by atoms with Crippen LogP contribution in [0.15, 0.2) is 26.0 Å². The number of amides is 1. The van der Waals surface area contributed by atoms with E-state index in [9.17, 15) is 9.59 Å². The number of furan rings is 1. The number of nitrogens with zero attached hydrogens (tertiary/aromatic N) is 2. The molecule has 0 radical (unpaired) electrons. The molecule has 1 unspecified atom stereocenters. The maximum Gasteiger partial charge on any atom is 0.340 e. The summed E-state index contributed by atoms with van der Waals surface area (Å²) in [7, 11) is 0. The molecule has 0 spiro atoms. The van der Waals surface area contributed by atoms with Crippen LogP contribution in [0.5, 0.6) is 0 Å². The Morgan fingerprint density at radius 3 is 3.05 bits per heavy atom. The largest absolute Gasteiger partial charge is 0.458 e. The highest BCUT2D eigenvalue weighted by atomic mass is 79.9. The number of aromatic nitrogens is 3. The number of hydrogen-bond acceptors (Lipinski definition) is 4. The minimum atomic E-state index is -0.321. The first-order valence-electron chi connectivity index (χ1n) is 6.31. The summed E-state index contributed by atoms with van der Waals surface area (Å²) in [4.78, 5) is 27.8. The zero-order valence-electron chi connectivity index (χ0n) is 10.6. The summed E-state index contributed by atoms with van der Waals surface area (Å²) in [5.74, 6) is 0.824. The summed E-state index contributed by atoms with van der Waals surface area (Å²) in [6.45, 7) is 1.21. The monoisotopic (exact) mass is 340 g/mol. The average molecular weight is 341 g/mol. The average Bonchev–Trinajstić information content (AvgIpc) is 3.07. The zero-order chi connectivity index (χ0) is 14.1. The minimum absolute atomic E-state index is 0.0463. The van der Waals surface area contributed by atoms with Gasteiger partial charge in [-0.15, -0.1) is 0 Å². The van der Waals surface area contributed by atoms with Gasteiger partial charge in [0.15, 0.2) is 5.76 Å². The van der Waals surface area contributed by atoms with Crippen molar-refractivity contribution in [3.63, 3.8) is 0 Å². The molecule has 0 saturated carbocycles. The van der Waals surface area contributed by atoms with Gasteiger partial charge in [-0.05, 0) is 28.8 Å². The predicted octanol–water partition coefficient (Wildman–Crippen LogP) is 1.47. The molecule has 106 valence electrons. The number of halogens is 1. The maximum absolute atomic E-state index is 12.3. The lowest BCUT2D eigenvalue weighted by Gasteiger charge is -2.30. The first kappa shape index (κ1) is 13.2. The van der Waals surface area contributed by atoms with Crippen LogP contribution in [-0.4, -0.2) is 39.1 Å². The third-order valence-electron chi connectivity index (χ3n) is 3.39. The highest BCUT2D eigenvalue weighted by Crippen LogP contribution is 2.25. The van der Waals surface area contributed by atoms with Gasteiger partial charge in [-0.1, -0.05) is 0 Å². The molecule has 2 aromatic heterocycles. The second-order valence-electron chi connectivity index (χ2n) is 4.78. The van der Waals surface area contributed by atoms with Crippen molar-refractivity contribution in [1.29, 1.82) is 0 Å². The fraction of sp³-hybridized carbons (Fsp3) is 0.417. The summed E-state index contributed by atoms with van der Waals surface area (Å²) in [6.07, 6.45) is 3.25. The first-order valence-corrected chi connectivity index (χ1v) is 7.10. The van der Waals surface area contributed by atoms with E-state index in [1.54, 1.807) is 11.0 Å². The fourth-order valence-electron chi connectivity index (χ4n) is 2.44. The quantitative estimate of drug-likeness (QED) is 0.865. The Balaban J connectivity index is 1.75. The van der Waals surface area contributed by atoms with Crippen molar-refractivity contribution >= 4 is 21.8 Å². The molecule has 1 amide bonds. The summed E-state index contributed by atoms with van der Waals surface area (Å²) in [6, 6.07) is 1.66. The van der Waals surface area contributed by atoms with Crippen molar-refractivity contribution in [2.45, 2.75) is 18.8 Å². The summed E-state index contributed by atoms with van der Waals surface area (Å²) in [5.41, 5.74) is -0.321. The van der Waals surface area contributed by atoms with Crippen molar-refractivity contribution < 1.29 is 9.21 Å². The molecular formula is C12H13BrN4O3. The van der Waals surface area contributed by atoms with Crippen LogP contribution in [0.2, 0.25) is 0 Å². The van der Waals surface area contributed by atoms with E-state index in [-0.39, 0.29) is 17.5 Å². The Morgan fingerprint density at radius 1 is 1.55 bits per heavy atom. The van der Waals surface area contributed by atoms with Gasteiger partial charge < -0.3 is 9.32 Å². The van der Waals surface area contributed by atoms with Crippen LogP contribution in [0.4, 0.5) is 0 Å². The van der Waals surface area contributed by atoms with E-state index < -0.39 is 0 Å². The van der Waals surface area contributed by atoms with Crippen molar-refractivity contribution in [1.82, 2.24) is 20.1 Å².